The van der Waals surface area contributed by atoms with Crippen LogP contribution in [0, 0.1) is 19.3 Å². The maximum atomic E-state index is 14.5. The van der Waals surface area contributed by atoms with Crippen molar-refractivity contribution in [3.8, 4) is 11.5 Å². The van der Waals surface area contributed by atoms with E-state index in [4.69, 9.17) is 27.9 Å². The summed E-state index contributed by atoms with van der Waals surface area (Å²) in [5.41, 5.74) is 5.97. The van der Waals surface area contributed by atoms with Gasteiger partial charge in [-0.1, -0.05) is 6.42 Å². The number of nitrogens with zero attached hydrogens (tertiary/aromatic N) is 3. The van der Waals surface area contributed by atoms with Gasteiger partial charge in [0.15, 0.2) is 5.75 Å². The first-order valence-corrected chi connectivity index (χ1v) is 18.4. The molecule has 50 heavy (non-hydrogen) atoms. The predicted octanol–water partition coefficient (Wildman–Crippen LogP) is 6.61. The molecule has 1 aliphatic carbocycles. The Morgan fingerprint density at radius 2 is 1.58 bits per heavy atom. The van der Waals surface area contributed by atoms with E-state index in [1.165, 1.54) is 4.90 Å². The number of benzene rings is 2. The number of hydrogen-bond acceptors (Lipinski definition) is 6. The molecule has 2 aromatic carbocycles. The van der Waals surface area contributed by atoms with Gasteiger partial charge in [-0.3, -0.25) is 9.59 Å². The van der Waals surface area contributed by atoms with Crippen LogP contribution < -0.4 is 19.9 Å². The highest BCUT2D eigenvalue weighted by Crippen LogP contribution is 2.53. The lowest BCUT2D eigenvalue weighted by Gasteiger charge is -2.43. The summed E-state index contributed by atoms with van der Waals surface area (Å²) in [6.45, 7) is 5.90. The number of anilines is 2. The van der Waals surface area contributed by atoms with Crippen molar-refractivity contribution in [3.05, 3.63) is 46.8 Å². The lowest BCUT2D eigenvalue weighted by Crippen LogP contribution is -2.48. The molecule has 2 aliphatic heterocycles. The van der Waals surface area contributed by atoms with Crippen LogP contribution in [0.25, 0.3) is 21.8 Å². The minimum Gasteiger partial charge on any atom is -0.506 e. The number of amides is 3. The number of rotatable bonds is 10. The Balaban J connectivity index is 1.16. The zero-order valence-corrected chi connectivity index (χ0v) is 30.4. The number of carbonyl (C=O) groups excluding carboxylic acids is 3. The fraction of sp³-hybridized carbons (Fsp3) is 0.486. The maximum Gasteiger partial charge on any atom is 0.415 e. The molecular formula is C37H44Cl2N6O5. The zero-order valence-electron chi connectivity index (χ0n) is 28.9. The van der Waals surface area contributed by atoms with E-state index in [0.717, 1.165) is 39.4 Å². The predicted molar refractivity (Wildman–Crippen MR) is 197 cm³/mol. The van der Waals surface area contributed by atoms with Crippen LogP contribution in [-0.4, -0.2) is 89.9 Å². The number of aromatic amines is 2. The van der Waals surface area contributed by atoms with Gasteiger partial charge >= 0.3 is 6.09 Å². The lowest BCUT2D eigenvalue weighted by molar-refractivity contribution is -0.134. The molecule has 4 heterocycles. The average molecular weight is 724 g/mol. The van der Waals surface area contributed by atoms with Crippen LogP contribution in [0.4, 0.5) is 16.2 Å². The molecule has 0 bridgehead atoms. The number of likely N-dealkylation sites (N-methyl/N-ethyl adjacent to an activating group) is 2. The summed E-state index contributed by atoms with van der Waals surface area (Å²) in [6.07, 6.45) is 6.12. The van der Waals surface area contributed by atoms with Gasteiger partial charge in [-0.05, 0) is 62.4 Å². The highest BCUT2D eigenvalue weighted by atomic mass is 35.5. The average Bonchev–Trinajstić information content (AvgIpc) is 3.85. The molecule has 4 aromatic rings. The van der Waals surface area contributed by atoms with E-state index < -0.39 is 11.5 Å². The number of H-pyrrole nitrogens is 2. The van der Waals surface area contributed by atoms with E-state index in [-0.39, 0.29) is 35.8 Å². The van der Waals surface area contributed by atoms with Gasteiger partial charge in [-0.15, -0.1) is 23.2 Å². The number of hydrogen-bond donors (Lipinski definition) is 4. The van der Waals surface area contributed by atoms with Crippen LogP contribution in [0.15, 0.2) is 24.5 Å². The molecule has 4 N–H and O–H groups in total. The SMILES string of the molecule is CNCCN(C)C(=O)Oc1cc2c(c3c(C)c[nH]c13)[C@H](CCl)CN2C(=O)CCC1(C(=O)N2C[C@@H](CCl)c3c2cc(O)c2[nH]cc(C)c32)CCC1. The summed E-state index contributed by atoms with van der Waals surface area (Å²) in [5.74, 6) is 0.826. The molecule has 3 amide bonds. The van der Waals surface area contributed by atoms with E-state index in [1.54, 1.807) is 29.0 Å². The Kier molecular flexibility index (Phi) is 9.19. The summed E-state index contributed by atoms with van der Waals surface area (Å²) in [4.78, 5) is 53.2. The molecule has 266 valence electrons. The Labute approximate surface area is 301 Å². The Morgan fingerprint density at radius 1 is 0.980 bits per heavy atom. The molecule has 3 aliphatic rings. The van der Waals surface area contributed by atoms with Crippen LogP contribution in [0.2, 0.25) is 0 Å². The number of fused-ring (bicyclic) bond motifs is 6. The van der Waals surface area contributed by atoms with E-state index in [0.29, 0.717) is 85.4 Å². The number of carbonyl (C=O) groups is 3. The zero-order chi connectivity index (χ0) is 35.5. The van der Waals surface area contributed by atoms with Crippen molar-refractivity contribution in [3.63, 3.8) is 0 Å². The number of alkyl halides is 2. The molecule has 2 atom stereocenters. The minimum atomic E-state index is -0.680. The Morgan fingerprint density at radius 3 is 2.18 bits per heavy atom. The molecule has 11 nitrogen and oxygen atoms in total. The van der Waals surface area contributed by atoms with Crippen molar-refractivity contribution in [2.75, 3.05) is 61.8 Å². The number of halogens is 2. The van der Waals surface area contributed by atoms with Crippen molar-refractivity contribution < 1.29 is 24.2 Å². The van der Waals surface area contributed by atoms with Gasteiger partial charge in [0.05, 0.1) is 27.8 Å². The van der Waals surface area contributed by atoms with Crippen LogP contribution in [-0.2, 0) is 9.59 Å². The first kappa shape index (κ1) is 34.5. The molecule has 0 radical (unpaired) electrons. The van der Waals surface area contributed by atoms with Crippen LogP contribution in [0.1, 0.15) is 66.2 Å². The highest BCUT2D eigenvalue weighted by Gasteiger charge is 2.49. The minimum absolute atomic E-state index is 0.0148. The smallest absolute Gasteiger partial charge is 0.415 e. The first-order valence-electron chi connectivity index (χ1n) is 17.3. The number of phenols is 1. The van der Waals surface area contributed by atoms with Crippen LogP contribution in [0.5, 0.6) is 11.5 Å². The number of ether oxygens (including phenoxy) is 1. The van der Waals surface area contributed by atoms with Gasteiger partial charge in [-0.25, -0.2) is 4.79 Å². The Hall–Kier alpha value is -3.93. The molecule has 0 spiro atoms. The Bertz CT molecular complexity index is 2000. The quantitative estimate of drug-likeness (QED) is 0.136. The number of phenolic OH excluding ortho intramolecular Hbond substituents is 1. The molecular weight excluding hydrogens is 679 g/mol. The maximum absolute atomic E-state index is 14.5. The van der Waals surface area contributed by atoms with Crippen molar-refractivity contribution in [2.24, 2.45) is 5.41 Å². The van der Waals surface area contributed by atoms with Crippen LogP contribution in [0.3, 0.4) is 0 Å². The summed E-state index contributed by atoms with van der Waals surface area (Å²) >= 11 is 13.0. The van der Waals surface area contributed by atoms with Crippen molar-refractivity contribution in [1.29, 1.82) is 0 Å². The topological polar surface area (TPSA) is 134 Å². The molecule has 0 saturated heterocycles. The van der Waals surface area contributed by atoms with E-state index in [2.05, 4.69) is 15.3 Å². The molecule has 0 unspecified atom stereocenters. The summed E-state index contributed by atoms with van der Waals surface area (Å²) in [7, 11) is 3.50. The normalized spacial score (nSPS) is 19.2. The summed E-state index contributed by atoms with van der Waals surface area (Å²) in [6, 6.07) is 3.45. The second-order valence-electron chi connectivity index (χ2n) is 14.2. The molecule has 1 saturated carbocycles. The van der Waals surface area contributed by atoms with Gasteiger partial charge in [0.1, 0.15) is 5.75 Å². The third-order valence-corrected chi connectivity index (χ3v) is 11.9. The molecule has 2 aromatic heterocycles. The third kappa shape index (κ3) is 5.49. The summed E-state index contributed by atoms with van der Waals surface area (Å²) < 4.78 is 5.91. The van der Waals surface area contributed by atoms with E-state index in [1.807, 2.05) is 33.3 Å². The second kappa shape index (κ2) is 13.3. The number of aromatic hydroxyl groups is 1. The number of aryl methyl sites for hydroxylation is 2. The first-order chi connectivity index (χ1) is 24.0. The molecule has 13 heteroatoms. The fourth-order valence-electron chi connectivity index (χ4n) is 8.28. The van der Waals surface area contributed by atoms with Crippen LogP contribution >= 0.6 is 23.2 Å². The largest absolute Gasteiger partial charge is 0.506 e. The van der Waals surface area contributed by atoms with Gasteiger partial charge in [0, 0.05) is 98.5 Å². The van der Waals surface area contributed by atoms with Crippen molar-refractivity contribution in [1.82, 2.24) is 20.2 Å². The van der Waals surface area contributed by atoms with E-state index >= 15 is 0 Å². The lowest BCUT2D eigenvalue weighted by atomic mass is 9.65. The third-order valence-electron chi connectivity index (χ3n) is 11.2. The fourth-order valence-corrected chi connectivity index (χ4v) is 8.79. The molecule has 7 rings (SSSR count). The summed E-state index contributed by atoms with van der Waals surface area (Å²) in [5, 5.41) is 15.8. The van der Waals surface area contributed by atoms with E-state index in [9.17, 15) is 19.5 Å². The van der Waals surface area contributed by atoms with Gasteiger partial charge in [0.25, 0.3) is 0 Å². The molecule has 1 fully saturated rings. The van der Waals surface area contributed by atoms with Gasteiger partial charge in [0.2, 0.25) is 11.8 Å². The van der Waals surface area contributed by atoms with Crippen molar-refractivity contribution in [2.45, 2.75) is 57.8 Å². The highest BCUT2D eigenvalue weighted by molar-refractivity contribution is 6.19. The van der Waals surface area contributed by atoms with Gasteiger partial charge < -0.3 is 39.8 Å². The standard InChI is InChI=1S/C37H44Cl2N6O5/c1-20-16-41-33-26(46)12-24-31(29(20)33)23(15-39)19-45(24)35(48)37(7-5-8-37)9-6-28(47)44-18-22(14-38)32-25(44)13-27(34-30(32)21(2)17-42-34)50-36(49)43(4)11-10-40-3/h12-13,16-17,22-23,40-42,46H,5-11,14-15,18-19H2,1-4H3/t22-,23-/m1/s1. The van der Waals surface area contributed by atoms with Crippen molar-refractivity contribution >= 4 is 74.3 Å². The number of aromatic nitrogens is 2. The second-order valence-corrected chi connectivity index (χ2v) is 14.8. The monoisotopic (exact) mass is 722 g/mol. The number of nitrogens with one attached hydrogen (secondary N) is 3. The van der Waals surface area contributed by atoms with Gasteiger partial charge in [-0.2, -0.15) is 0 Å².